The van der Waals surface area contributed by atoms with Crippen molar-refractivity contribution in [2.45, 2.75) is 6.92 Å². The summed E-state index contributed by atoms with van der Waals surface area (Å²) in [5, 5.41) is 8.89. The van der Waals surface area contributed by atoms with Crippen LogP contribution in [0.4, 0.5) is 0 Å². The van der Waals surface area contributed by atoms with Gasteiger partial charge in [-0.3, -0.25) is 9.38 Å². The van der Waals surface area contributed by atoms with Crippen molar-refractivity contribution in [3.05, 3.63) is 47.5 Å². The first kappa shape index (κ1) is 10.2. The molecule has 0 radical (unpaired) electrons. The number of halogens is 1. The van der Waals surface area contributed by atoms with Crippen LogP contribution >= 0.6 is 11.6 Å². The molecule has 3 aromatic rings. The van der Waals surface area contributed by atoms with E-state index in [2.05, 4.69) is 15.2 Å². The number of nitrogens with zero attached hydrogens (tertiary/aromatic N) is 4. The van der Waals surface area contributed by atoms with Crippen molar-refractivity contribution in [3.63, 3.8) is 0 Å². The Morgan fingerprint density at radius 2 is 1.88 bits per heavy atom. The third-order valence-electron chi connectivity index (χ3n) is 2.62. The Morgan fingerprint density at radius 1 is 1.12 bits per heavy atom. The highest BCUT2D eigenvalue weighted by molar-refractivity contribution is 6.30. The molecule has 0 N–H and O–H groups in total. The van der Waals surface area contributed by atoms with Crippen molar-refractivity contribution >= 4 is 17.2 Å². The number of rotatable bonds is 1. The summed E-state index contributed by atoms with van der Waals surface area (Å²) in [4.78, 5) is 4.35. The minimum absolute atomic E-state index is 0.707. The topological polar surface area (TPSA) is 43.1 Å². The summed E-state index contributed by atoms with van der Waals surface area (Å²) in [5.74, 6) is 0.845. The minimum Gasteiger partial charge on any atom is -0.283 e. The highest BCUT2D eigenvalue weighted by Crippen LogP contribution is 2.22. The molecule has 0 atom stereocenters. The summed E-state index contributed by atoms with van der Waals surface area (Å²) in [5.41, 5.74) is 2.55. The second-order valence-corrected chi connectivity index (χ2v) is 4.16. The van der Waals surface area contributed by atoms with E-state index in [0.29, 0.717) is 5.02 Å². The lowest BCUT2D eigenvalue weighted by Crippen LogP contribution is -1.92. The standard InChI is InChI=1S/C12H9ClN4/c1-8-15-16-12-11(14-6-7-17(8)12)9-2-4-10(13)5-3-9/h2-7H,1H3. The number of fused-ring (bicyclic) bond motifs is 1. The van der Waals surface area contributed by atoms with Gasteiger partial charge >= 0.3 is 0 Å². The predicted octanol–water partition coefficient (Wildman–Crippen LogP) is 2.75. The maximum Gasteiger partial charge on any atom is 0.187 e. The SMILES string of the molecule is Cc1nnc2c(-c3ccc(Cl)cc3)nccn12. The van der Waals surface area contributed by atoms with Crippen LogP contribution in [-0.2, 0) is 0 Å². The predicted molar refractivity (Wildman–Crippen MR) is 66.0 cm³/mol. The van der Waals surface area contributed by atoms with Gasteiger partial charge in [-0.15, -0.1) is 10.2 Å². The lowest BCUT2D eigenvalue weighted by molar-refractivity contribution is 1.00. The fraction of sp³-hybridized carbons (Fsp3) is 0.0833. The maximum absolute atomic E-state index is 5.87. The molecule has 0 aliphatic carbocycles. The number of hydrogen-bond acceptors (Lipinski definition) is 3. The third-order valence-corrected chi connectivity index (χ3v) is 2.87. The summed E-state index contributed by atoms with van der Waals surface area (Å²) < 4.78 is 1.91. The van der Waals surface area contributed by atoms with Crippen molar-refractivity contribution in [3.8, 4) is 11.3 Å². The zero-order valence-corrected chi connectivity index (χ0v) is 9.89. The van der Waals surface area contributed by atoms with Crippen LogP contribution in [0.25, 0.3) is 16.9 Å². The molecule has 2 aromatic heterocycles. The van der Waals surface area contributed by atoms with Crippen LogP contribution in [0.5, 0.6) is 0 Å². The van der Waals surface area contributed by atoms with Crippen molar-refractivity contribution in [1.82, 2.24) is 19.6 Å². The second kappa shape index (κ2) is 3.82. The van der Waals surface area contributed by atoms with E-state index in [1.54, 1.807) is 6.20 Å². The normalized spacial score (nSPS) is 10.9. The van der Waals surface area contributed by atoms with Gasteiger partial charge < -0.3 is 0 Å². The Balaban J connectivity index is 2.26. The van der Waals surface area contributed by atoms with Gasteiger partial charge in [0, 0.05) is 23.0 Å². The lowest BCUT2D eigenvalue weighted by atomic mass is 10.1. The zero-order valence-electron chi connectivity index (χ0n) is 9.13. The van der Waals surface area contributed by atoms with Crippen LogP contribution in [0.15, 0.2) is 36.7 Å². The van der Waals surface area contributed by atoms with Crippen LogP contribution in [0, 0.1) is 6.92 Å². The van der Waals surface area contributed by atoms with Crippen LogP contribution in [0.3, 0.4) is 0 Å². The Bertz CT molecular complexity index is 673. The average Bonchev–Trinajstić information content (AvgIpc) is 2.73. The fourth-order valence-electron chi connectivity index (χ4n) is 1.75. The van der Waals surface area contributed by atoms with Crippen molar-refractivity contribution < 1.29 is 0 Å². The molecule has 5 heteroatoms. The number of benzene rings is 1. The molecule has 0 fully saturated rings. The van der Waals surface area contributed by atoms with Gasteiger partial charge in [0.2, 0.25) is 0 Å². The van der Waals surface area contributed by atoms with Crippen molar-refractivity contribution in [2.24, 2.45) is 0 Å². The summed E-state index contributed by atoms with van der Waals surface area (Å²) in [6, 6.07) is 7.53. The molecular formula is C12H9ClN4. The highest BCUT2D eigenvalue weighted by atomic mass is 35.5. The van der Waals surface area contributed by atoms with Gasteiger partial charge in [-0.1, -0.05) is 23.7 Å². The monoisotopic (exact) mass is 244 g/mol. The van der Waals surface area contributed by atoms with E-state index in [-0.39, 0.29) is 0 Å². The van der Waals surface area contributed by atoms with E-state index in [9.17, 15) is 0 Å². The van der Waals surface area contributed by atoms with Crippen molar-refractivity contribution in [2.75, 3.05) is 0 Å². The molecule has 1 aromatic carbocycles. The molecule has 0 aliphatic rings. The van der Waals surface area contributed by atoms with E-state index in [1.807, 2.05) is 41.8 Å². The van der Waals surface area contributed by atoms with Gasteiger partial charge in [-0.2, -0.15) is 0 Å². The Labute approximate surface area is 103 Å². The van der Waals surface area contributed by atoms with Crippen LogP contribution in [-0.4, -0.2) is 19.6 Å². The van der Waals surface area contributed by atoms with E-state index >= 15 is 0 Å². The first-order chi connectivity index (χ1) is 8.25. The molecule has 0 amide bonds. The average molecular weight is 245 g/mol. The molecule has 84 valence electrons. The molecule has 2 heterocycles. The lowest BCUT2D eigenvalue weighted by Gasteiger charge is -2.02. The van der Waals surface area contributed by atoms with Crippen LogP contribution in [0.1, 0.15) is 5.82 Å². The molecule has 0 spiro atoms. The Kier molecular flexibility index (Phi) is 2.30. The molecule has 0 bridgehead atoms. The molecule has 4 nitrogen and oxygen atoms in total. The number of aromatic nitrogens is 4. The second-order valence-electron chi connectivity index (χ2n) is 3.72. The van der Waals surface area contributed by atoms with E-state index in [1.165, 1.54) is 0 Å². The van der Waals surface area contributed by atoms with Crippen LogP contribution < -0.4 is 0 Å². The fourth-order valence-corrected chi connectivity index (χ4v) is 1.88. The van der Waals surface area contributed by atoms with Gasteiger partial charge in [-0.05, 0) is 19.1 Å². The van der Waals surface area contributed by atoms with E-state index < -0.39 is 0 Å². The Morgan fingerprint density at radius 3 is 2.65 bits per heavy atom. The first-order valence-electron chi connectivity index (χ1n) is 5.18. The summed E-state index contributed by atoms with van der Waals surface area (Å²) >= 11 is 5.87. The molecular weight excluding hydrogens is 236 g/mol. The quantitative estimate of drug-likeness (QED) is 0.661. The maximum atomic E-state index is 5.87. The Hall–Kier alpha value is -1.94. The number of aryl methyl sites for hydroxylation is 1. The molecule has 0 saturated heterocycles. The van der Waals surface area contributed by atoms with Gasteiger partial charge in [-0.25, -0.2) is 0 Å². The van der Waals surface area contributed by atoms with Crippen molar-refractivity contribution in [1.29, 1.82) is 0 Å². The van der Waals surface area contributed by atoms with Crippen LogP contribution in [0.2, 0.25) is 5.02 Å². The molecule has 0 saturated carbocycles. The smallest absolute Gasteiger partial charge is 0.187 e. The zero-order chi connectivity index (χ0) is 11.8. The summed E-state index contributed by atoms with van der Waals surface area (Å²) in [6.07, 6.45) is 3.59. The van der Waals surface area contributed by atoms with E-state index in [4.69, 9.17) is 11.6 Å². The first-order valence-corrected chi connectivity index (χ1v) is 5.56. The van der Waals surface area contributed by atoms with Gasteiger partial charge in [0.05, 0.1) is 0 Å². The summed E-state index contributed by atoms with van der Waals surface area (Å²) in [6.45, 7) is 1.91. The molecule has 17 heavy (non-hydrogen) atoms. The van der Waals surface area contributed by atoms with Gasteiger partial charge in [0.15, 0.2) is 5.65 Å². The minimum atomic E-state index is 0.707. The number of hydrogen-bond donors (Lipinski definition) is 0. The van der Waals surface area contributed by atoms with Gasteiger partial charge in [0.1, 0.15) is 11.5 Å². The molecule has 0 unspecified atom stereocenters. The van der Waals surface area contributed by atoms with E-state index in [0.717, 1.165) is 22.7 Å². The third kappa shape index (κ3) is 1.66. The van der Waals surface area contributed by atoms with Gasteiger partial charge in [0.25, 0.3) is 0 Å². The largest absolute Gasteiger partial charge is 0.283 e. The molecule has 3 rings (SSSR count). The molecule has 0 aliphatic heterocycles. The summed E-state index contributed by atoms with van der Waals surface area (Å²) in [7, 11) is 0. The highest BCUT2D eigenvalue weighted by Gasteiger charge is 2.09.